The molecule has 3 rings (SSSR count). The Morgan fingerprint density at radius 1 is 1.16 bits per heavy atom. The summed E-state index contributed by atoms with van der Waals surface area (Å²) in [5.74, 6) is 1.87. The molecule has 0 atom stereocenters. The van der Waals surface area contributed by atoms with Gasteiger partial charge in [-0.25, -0.2) is 4.98 Å². The Morgan fingerprint density at radius 2 is 1.87 bits per heavy atom. The summed E-state index contributed by atoms with van der Waals surface area (Å²) in [4.78, 5) is 28.1. The van der Waals surface area contributed by atoms with Crippen molar-refractivity contribution >= 4 is 41.7 Å². The highest BCUT2D eigenvalue weighted by molar-refractivity contribution is 14.0. The van der Waals surface area contributed by atoms with E-state index < -0.39 is 0 Å². The third-order valence-corrected chi connectivity index (χ3v) is 6.03. The van der Waals surface area contributed by atoms with E-state index in [-0.39, 0.29) is 35.9 Å². The van der Waals surface area contributed by atoms with Gasteiger partial charge in [-0.15, -0.1) is 24.0 Å². The molecule has 0 bridgehead atoms. The number of likely N-dealkylation sites (N-methyl/N-ethyl adjacent to an activating group) is 1. The number of anilines is 1. The molecular formula is C22H37IN6O2. The van der Waals surface area contributed by atoms with Gasteiger partial charge in [0.1, 0.15) is 5.82 Å². The van der Waals surface area contributed by atoms with Crippen molar-refractivity contribution in [3.8, 4) is 0 Å². The normalized spacial score (nSPS) is 18.5. The number of halogens is 1. The van der Waals surface area contributed by atoms with Crippen molar-refractivity contribution in [2.45, 2.75) is 33.2 Å². The number of piperidine rings is 1. The zero-order chi connectivity index (χ0) is 21.3. The van der Waals surface area contributed by atoms with Gasteiger partial charge in [0.05, 0.1) is 12.5 Å². The molecule has 0 saturated carbocycles. The highest BCUT2D eigenvalue weighted by Gasteiger charge is 2.27. The Bertz CT molecular complexity index is 698. The summed E-state index contributed by atoms with van der Waals surface area (Å²) in [5, 5.41) is 3.44. The van der Waals surface area contributed by atoms with Crippen molar-refractivity contribution in [1.82, 2.24) is 20.1 Å². The topological polar surface area (TPSA) is 73.3 Å². The largest absolute Gasteiger partial charge is 0.466 e. The molecule has 9 heteroatoms. The lowest BCUT2D eigenvalue weighted by molar-refractivity contribution is -0.149. The maximum atomic E-state index is 11.9. The Hall–Kier alpha value is -1.62. The van der Waals surface area contributed by atoms with Gasteiger partial charge in [-0.1, -0.05) is 13.0 Å². The van der Waals surface area contributed by atoms with Gasteiger partial charge in [-0.05, 0) is 37.9 Å². The van der Waals surface area contributed by atoms with Gasteiger partial charge < -0.3 is 24.8 Å². The third-order valence-electron chi connectivity index (χ3n) is 6.03. The van der Waals surface area contributed by atoms with Crippen LogP contribution in [-0.4, -0.2) is 86.2 Å². The van der Waals surface area contributed by atoms with E-state index in [1.165, 1.54) is 0 Å². The van der Waals surface area contributed by atoms with E-state index in [2.05, 4.69) is 49.0 Å². The fraction of sp³-hybridized carbons (Fsp3) is 0.682. The van der Waals surface area contributed by atoms with Crippen LogP contribution in [0.2, 0.25) is 0 Å². The van der Waals surface area contributed by atoms with Crippen molar-refractivity contribution in [3.05, 3.63) is 23.9 Å². The number of nitrogens with one attached hydrogen (secondary N) is 1. The second-order valence-electron chi connectivity index (χ2n) is 7.86. The number of carbonyl (C=O) groups excluding carboxylic acids is 1. The smallest absolute Gasteiger partial charge is 0.309 e. The number of guanidine groups is 1. The van der Waals surface area contributed by atoms with Gasteiger partial charge in [0.2, 0.25) is 0 Å². The fourth-order valence-electron chi connectivity index (χ4n) is 4.10. The maximum absolute atomic E-state index is 11.9. The second kappa shape index (κ2) is 13.0. The van der Waals surface area contributed by atoms with Crippen LogP contribution in [0.1, 0.15) is 32.3 Å². The lowest BCUT2D eigenvalue weighted by Crippen LogP contribution is -2.46. The first-order valence-electron chi connectivity index (χ1n) is 11.2. The molecule has 1 aromatic rings. The van der Waals surface area contributed by atoms with Gasteiger partial charge in [0.25, 0.3) is 0 Å². The average molecular weight is 544 g/mol. The average Bonchev–Trinajstić information content (AvgIpc) is 2.80. The second-order valence-corrected chi connectivity index (χ2v) is 7.86. The highest BCUT2D eigenvalue weighted by atomic mass is 127. The van der Waals surface area contributed by atoms with Crippen molar-refractivity contribution in [2.75, 3.05) is 64.4 Å². The molecule has 0 unspecified atom stereocenters. The van der Waals surface area contributed by atoms with Crippen LogP contribution in [0.5, 0.6) is 0 Å². The Labute approximate surface area is 203 Å². The summed E-state index contributed by atoms with van der Waals surface area (Å²) in [7, 11) is 1.80. The summed E-state index contributed by atoms with van der Waals surface area (Å²) < 4.78 is 5.16. The summed E-state index contributed by atoms with van der Waals surface area (Å²) in [6.07, 6.45) is 3.57. The van der Waals surface area contributed by atoms with Gasteiger partial charge in [0.15, 0.2) is 5.96 Å². The number of ether oxygens (including phenoxy) is 1. The quantitative estimate of drug-likeness (QED) is 0.255. The van der Waals surface area contributed by atoms with E-state index >= 15 is 0 Å². The first-order chi connectivity index (χ1) is 14.6. The molecule has 0 spiro atoms. The van der Waals surface area contributed by atoms with Gasteiger partial charge >= 0.3 is 5.97 Å². The number of hydrogen-bond donors (Lipinski definition) is 1. The summed E-state index contributed by atoms with van der Waals surface area (Å²) in [6.45, 7) is 12.2. The first-order valence-corrected chi connectivity index (χ1v) is 11.2. The lowest BCUT2D eigenvalue weighted by atomic mass is 9.97. The molecule has 2 aliphatic rings. The fourth-order valence-corrected chi connectivity index (χ4v) is 4.10. The molecule has 8 nitrogen and oxygen atoms in total. The van der Waals surface area contributed by atoms with E-state index in [0.29, 0.717) is 13.2 Å². The summed E-state index contributed by atoms with van der Waals surface area (Å²) in [5.41, 5.74) is 1.13. The third kappa shape index (κ3) is 7.20. The number of likely N-dealkylation sites (tertiary alicyclic amines) is 1. The predicted molar refractivity (Wildman–Crippen MR) is 135 cm³/mol. The molecule has 0 aromatic carbocycles. The molecule has 174 valence electrons. The monoisotopic (exact) mass is 544 g/mol. The van der Waals surface area contributed by atoms with E-state index in [1.807, 2.05) is 13.1 Å². The maximum Gasteiger partial charge on any atom is 0.309 e. The predicted octanol–water partition coefficient (Wildman–Crippen LogP) is 2.19. The molecule has 0 radical (unpaired) electrons. The van der Waals surface area contributed by atoms with Crippen molar-refractivity contribution < 1.29 is 9.53 Å². The minimum Gasteiger partial charge on any atom is -0.466 e. The summed E-state index contributed by atoms with van der Waals surface area (Å²) >= 11 is 0. The lowest BCUT2D eigenvalue weighted by Gasteiger charge is -2.34. The number of nitrogens with zero attached hydrogens (tertiary/aromatic N) is 5. The van der Waals surface area contributed by atoms with Crippen LogP contribution in [0.4, 0.5) is 5.82 Å². The zero-order valence-electron chi connectivity index (χ0n) is 19.0. The molecule has 1 N–H and O–H groups in total. The number of hydrogen-bond acceptors (Lipinski definition) is 6. The van der Waals surface area contributed by atoms with Gasteiger partial charge in [-0.2, -0.15) is 0 Å². The molecule has 1 aromatic heterocycles. The highest BCUT2D eigenvalue weighted by Crippen LogP contribution is 2.19. The standard InChI is InChI=1S/C22H36N6O2.HI/c1-4-26-12-14-27(15-13-26)20-7-6-18(16-24-20)17-25-22(23-3)28-10-8-19(9-11-28)21(29)30-5-2;/h6-7,16,19H,4-5,8-15,17H2,1-3H3,(H,23,25);1H. The van der Waals surface area contributed by atoms with E-state index in [1.54, 1.807) is 7.05 Å². The van der Waals surface area contributed by atoms with Crippen LogP contribution >= 0.6 is 24.0 Å². The van der Waals surface area contributed by atoms with Gasteiger partial charge in [-0.3, -0.25) is 9.79 Å². The minimum absolute atomic E-state index is 0. The molecule has 2 aliphatic heterocycles. The number of piperazine rings is 1. The molecule has 31 heavy (non-hydrogen) atoms. The molecule has 2 saturated heterocycles. The zero-order valence-corrected chi connectivity index (χ0v) is 21.4. The van der Waals surface area contributed by atoms with Crippen LogP contribution < -0.4 is 10.2 Å². The number of carbonyl (C=O) groups is 1. The molecule has 2 fully saturated rings. The number of esters is 1. The molecular weight excluding hydrogens is 507 g/mol. The Morgan fingerprint density at radius 3 is 2.42 bits per heavy atom. The number of rotatable bonds is 6. The van der Waals surface area contributed by atoms with Gasteiger partial charge in [0, 0.05) is 59.1 Å². The molecule has 3 heterocycles. The van der Waals surface area contributed by atoms with Crippen LogP contribution in [0.3, 0.4) is 0 Å². The van der Waals surface area contributed by atoms with Crippen molar-refractivity contribution in [2.24, 2.45) is 10.9 Å². The minimum atomic E-state index is -0.0673. The van der Waals surface area contributed by atoms with Crippen LogP contribution in [0, 0.1) is 5.92 Å². The van der Waals surface area contributed by atoms with E-state index in [4.69, 9.17) is 4.74 Å². The van der Waals surface area contributed by atoms with Crippen molar-refractivity contribution in [3.63, 3.8) is 0 Å². The van der Waals surface area contributed by atoms with E-state index in [0.717, 1.165) is 76.0 Å². The summed E-state index contributed by atoms with van der Waals surface area (Å²) in [6, 6.07) is 4.26. The van der Waals surface area contributed by atoms with Crippen LogP contribution in [0.15, 0.2) is 23.3 Å². The number of aliphatic imine (C=N–C) groups is 1. The molecule has 0 amide bonds. The first kappa shape index (κ1) is 25.6. The number of aromatic nitrogens is 1. The van der Waals surface area contributed by atoms with Crippen LogP contribution in [-0.2, 0) is 16.1 Å². The Balaban J connectivity index is 0.00000341. The van der Waals surface area contributed by atoms with Crippen LogP contribution in [0.25, 0.3) is 0 Å². The van der Waals surface area contributed by atoms with Crippen molar-refractivity contribution in [1.29, 1.82) is 0 Å². The number of pyridine rings is 1. The molecule has 0 aliphatic carbocycles. The Kier molecular flexibility index (Phi) is 10.8. The SMILES string of the molecule is CCOC(=O)C1CCN(C(=NC)NCc2ccc(N3CCN(CC)CC3)nc2)CC1.I. The van der Waals surface area contributed by atoms with E-state index in [9.17, 15) is 4.79 Å².